The molecular weight excluding hydrogens is 329 g/mol. The Balaban J connectivity index is 2.09. The third-order valence-electron chi connectivity index (χ3n) is 3.81. The summed E-state index contributed by atoms with van der Waals surface area (Å²) in [6.07, 6.45) is -0.376. The van der Waals surface area contributed by atoms with Crippen LogP contribution in [-0.2, 0) is 9.47 Å². The van der Waals surface area contributed by atoms with Gasteiger partial charge in [0, 0.05) is 25.7 Å². The molecule has 0 saturated carbocycles. The van der Waals surface area contributed by atoms with Crippen molar-refractivity contribution in [3.05, 3.63) is 23.8 Å². The van der Waals surface area contributed by atoms with E-state index in [0.29, 0.717) is 25.3 Å². The summed E-state index contributed by atoms with van der Waals surface area (Å²) in [7, 11) is 1.22. The van der Waals surface area contributed by atoms with Crippen LogP contribution in [0.25, 0.3) is 0 Å². The second-order valence-electron chi connectivity index (χ2n) is 6.97. The van der Waals surface area contributed by atoms with Crippen molar-refractivity contribution in [1.82, 2.24) is 9.88 Å². The molecule has 2 rings (SSSR count). The number of ether oxygens (including phenoxy) is 2. The monoisotopic (exact) mass is 353 g/mol. The number of nitrogens with zero attached hydrogens (tertiary/aromatic N) is 3. The minimum absolute atomic E-state index is 0.0798. The summed E-state index contributed by atoms with van der Waals surface area (Å²) in [4.78, 5) is 30.7. The fourth-order valence-corrected chi connectivity index (χ4v) is 2.67. The van der Waals surface area contributed by atoms with Crippen LogP contribution in [0, 0.1) is 5.95 Å². The van der Waals surface area contributed by atoms with Crippen molar-refractivity contribution < 1.29 is 23.5 Å². The first-order chi connectivity index (χ1) is 11.6. The number of esters is 1. The average Bonchev–Trinajstić information content (AvgIpc) is 2.52. The van der Waals surface area contributed by atoms with Gasteiger partial charge < -0.3 is 19.3 Å². The molecule has 1 fully saturated rings. The third kappa shape index (κ3) is 4.58. The lowest BCUT2D eigenvalue weighted by Gasteiger charge is -2.41. The molecule has 0 radical (unpaired) electrons. The number of piperazine rings is 1. The Morgan fingerprint density at radius 3 is 2.48 bits per heavy atom. The number of methoxy groups -OCH3 is 1. The Morgan fingerprint density at radius 1 is 1.28 bits per heavy atom. The second-order valence-corrected chi connectivity index (χ2v) is 6.97. The number of carbonyl (C=O) groups excluding carboxylic acids is 2. The van der Waals surface area contributed by atoms with Crippen molar-refractivity contribution in [2.45, 2.75) is 39.3 Å². The van der Waals surface area contributed by atoms with E-state index in [1.54, 1.807) is 4.90 Å². The molecule has 1 aliphatic heterocycles. The Labute approximate surface area is 146 Å². The molecule has 25 heavy (non-hydrogen) atoms. The summed E-state index contributed by atoms with van der Waals surface area (Å²) in [6, 6.07) is 2.81. The highest BCUT2D eigenvalue weighted by atomic mass is 19.1. The molecule has 1 aliphatic rings. The van der Waals surface area contributed by atoms with Gasteiger partial charge in [-0.25, -0.2) is 14.6 Å². The minimum atomic E-state index is -0.736. The van der Waals surface area contributed by atoms with Crippen LogP contribution in [-0.4, -0.2) is 60.3 Å². The van der Waals surface area contributed by atoms with E-state index in [0.717, 1.165) is 0 Å². The quantitative estimate of drug-likeness (QED) is 0.601. The van der Waals surface area contributed by atoms with Crippen LogP contribution in [0.1, 0.15) is 38.2 Å². The molecule has 1 aromatic rings. The Hall–Kier alpha value is -2.38. The molecule has 1 atom stereocenters. The Kier molecular flexibility index (Phi) is 5.49. The van der Waals surface area contributed by atoms with Gasteiger partial charge in [-0.05, 0) is 39.8 Å². The number of hydrogen-bond donors (Lipinski definition) is 0. The van der Waals surface area contributed by atoms with E-state index in [1.165, 1.54) is 19.2 Å². The number of anilines is 1. The normalized spacial score (nSPS) is 18.1. The zero-order chi connectivity index (χ0) is 18.8. The maximum atomic E-state index is 14.3. The summed E-state index contributed by atoms with van der Waals surface area (Å²) in [5.41, 5.74) is -0.343. The van der Waals surface area contributed by atoms with Gasteiger partial charge >= 0.3 is 12.1 Å². The van der Waals surface area contributed by atoms with Crippen LogP contribution in [0.5, 0.6) is 0 Å². The van der Waals surface area contributed by atoms with Gasteiger partial charge in [-0.3, -0.25) is 0 Å². The summed E-state index contributed by atoms with van der Waals surface area (Å²) in [5, 5.41) is 0. The molecular formula is C17H24FN3O4. The van der Waals surface area contributed by atoms with Crippen LogP contribution in [0.4, 0.5) is 14.9 Å². The van der Waals surface area contributed by atoms with Crippen LogP contribution >= 0.6 is 0 Å². The van der Waals surface area contributed by atoms with Crippen LogP contribution in [0.3, 0.4) is 0 Å². The average molecular weight is 353 g/mol. The van der Waals surface area contributed by atoms with Crippen molar-refractivity contribution in [1.29, 1.82) is 0 Å². The zero-order valence-corrected chi connectivity index (χ0v) is 15.2. The van der Waals surface area contributed by atoms with Gasteiger partial charge in [0.2, 0.25) is 5.95 Å². The van der Waals surface area contributed by atoms with Crippen LogP contribution in [0.2, 0.25) is 0 Å². The molecule has 0 unspecified atom stereocenters. The van der Waals surface area contributed by atoms with Crippen LogP contribution in [0.15, 0.2) is 12.1 Å². The summed E-state index contributed by atoms with van der Waals surface area (Å²) < 4.78 is 24.2. The van der Waals surface area contributed by atoms with Gasteiger partial charge in [0.1, 0.15) is 5.60 Å². The van der Waals surface area contributed by atoms with E-state index in [-0.39, 0.29) is 17.8 Å². The second kappa shape index (κ2) is 7.25. The highest BCUT2D eigenvalue weighted by Gasteiger charge is 2.31. The van der Waals surface area contributed by atoms with Gasteiger partial charge in [-0.1, -0.05) is 0 Å². The van der Waals surface area contributed by atoms with E-state index < -0.39 is 17.5 Å². The standard InChI is InChI=1S/C17H24FN3O4/c1-11-10-20(16(23)25-17(2,3)4)8-9-21(11)13-7-6-12(15(22)24-5)19-14(13)18/h6-7,11H,8-10H2,1-5H3/t11-/m1/s1. The fourth-order valence-electron chi connectivity index (χ4n) is 2.67. The smallest absolute Gasteiger partial charge is 0.410 e. The maximum Gasteiger partial charge on any atom is 0.410 e. The van der Waals surface area contributed by atoms with Gasteiger partial charge in [-0.2, -0.15) is 4.39 Å². The van der Waals surface area contributed by atoms with Gasteiger partial charge in [0.15, 0.2) is 5.69 Å². The first-order valence-electron chi connectivity index (χ1n) is 8.12. The fraction of sp³-hybridized carbons (Fsp3) is 0.588. The summed E-state index contributed by atoms with van der Waals surface area (Å²) >= 11 is 0. The first-order valence-corrected chi connectivity index (χ1v) is 8.12. The van der Waals surface area contributed by atoms with Crippen molar-refractivity contribution in [3.63, 3.8) is 0 Å². The largest absolute Gasteiger partial charge is 0.464 e. The molecule has 0 spiro atoms. The minimum Gasteiger partial charge on any atom is -0.464 e. The summed E-state index contributed by atoms with van der Waals surface area (Å²) in [5.74, 6) is -1.42. The third-order valence-corrected chi connectivity index (χ3v) is 3.81. The van der Waals surface area contributed by atoms with E-state index in [1.807, 2.05) is 32.6 Å². The zero-order valence-electron chi connectivity index (χ0n) is 15.2. The van der Waals surface area contributed by atoms with Crippen molar-refractivity contribution >= 4 is 17.7 Å². The number of halogens is 1. The van der Waals surface area contributed by atoms with Gasteiger partial charge in [0.25, 0.3) is 0 Å². The molecule has 2 heterocycles. The van der Waals surface area contributed by atoms with Crippen LogP contribution < -0.4 is 4.90 Å². The number of rotatable bonds is 2. The van der Waals surface area contributed by atoms with Crippen molar-refractivity contribution in [3.8, 4) is 0 Å². The highest BCUT2D eigenvalue weighted by molar-refractivity contribution is 5.87. The molecule has 0 N–H and O–H groups in total. The molecule has 1 amide bonds. The predicted molar refractivity (Wildman–Crippen MR) is 90.1 cm³/mol. The molecule has 7 nitrogen and oxygen atoms in total. The number of aromatic nitrogens is 1. The molecule has 138 valence electrons. The topological polar surface area (TPSA) is 72.0 Å². The van der Waals surface area contributed by atoms with Crippen molar-refractivity contribution in [2.75, 3.05) is 31.6 Å². The number of amides is 1. The predicted octanol–water partition coefficient (Wildman–Crippen LogP) is 2.45. The molecule has 0 aliphatic carbocycles. The molecule has 8 heteroatoms. The highest BCUT2D eigenvalue weighted by Crippen LogP contribution is 2.24. The van der Waals surface area contributed by atoms with E-state index in [4.69, 9.17) is 4.74 Å². The van der Waals surface area contributed by atoms with Crippen molar-refractivity contribution in [2.24, 2.45) is 0 Å². The lowest BCUT2D eigenvalue weighted by molar-refractivity contribution is 0.0218. The number of carbonyl (C=O) groups is 2. The Morgan fingerprint density at radius 2 is 1.96 bits per heavy atom. The molecule has 0 bridgehead atoms. The van der Waals surface area contributed by atoms with E-state index >= 15 is 0 Å². The lowest BCUT2D eigenvalue weighted by Crippen LogP contribution is -2.54. The van der Waals surface area contributed by atoms with E-state index in [2.05, 4.69) is 9.72 Å². The number of pyridine rings is 1. The Bertz CT molecular complexity index is 660. The number of hydrogen-bond acceptors (Lipinski definition) is 6. The van der Waals surface area contributed by atoms with Gasteiger partial charge in [0.05, 0.1) is 12.8 Å². The van der Waals surface area contributed by atoms with Gasteiger partial charge in [-0.15, -0.1) is 0 Å². The molecule has 1 aromatic heterocycles. The van der Waals surface area contributed by atoms with E-state index in [9.17, 15) is 14.0 Å². The maximum absolute atomic E-state index is 14.3. The molecule has 1 saturated heterocycles. The molecule has 0 aromatic carbocycles. The summed E-state index contributed by atoms with van der Waals surface area (Å²) in [6.45, 7) is 8.60. The first kappa shape index (κ1) is 19.0. The lowest BCUT2D eigenvalue weighted by atomic mass is 10.1. The SMILES string of the molecule is COC(=O)c1ccc(N2CCN(C(=O)OC(C)(C)C)C[C@H]2C)c(F)n1.